The Bertz CT molecular complexity index is 952. The van der Waals surface area contributed by atoms with Crippen molar-refractivity contribution in [3.63, 3.8) is 0 Å². The van der Waals surface area contributed by atoms with Gasteiger partial charge in [-0.25, -0.2) is 8.42 Å². The molecule has 1 saturated heterocycles. The van der Waals surface area contributed by atoms with Crippen LogP contribution in [0.4, 0.5) is 0 Å². The predicted molar refractivity (Wildman–Crippen MR) is 111 cm³/mol. The van der Waals surface area contributed by atoms with Gasteiger partial charge >= 0.3 is 0 Å². The molecular weight excluding hydrogens is 370 g/mol. The molecule has 0 radical (unpaired) electrons. The molecule has 0 N–H and O–H groups in total. The van der Waals surface area contributed by atoms with Crippen molar-refractivity contribution >= 4 is 10.0 Å². The molecule has 0 unspecified atom stereocenters. The van der Waals surface area contributed by atoms with Crippen LogP contribution in [0.1, 0.15) is 48.8 Å². The normalized spacial score (nSPS) is 25.0. The van der Waals surface area contributed by atoms with Crippen molar-refractivity contribution in [1.29, 1.82) is 0 Å². The summed E-state index contributed by atoms with van der Waals surface area (Å²) in [6.45, 7) is 4.68. The molecule has 1 aliphatic carbocycles. The van der Waals surface area contributed by atoms with Gasteiger partial charge in [0, 0.05) is 12.6 Å². The van der Waals surface area contributed by atoms with Gasteiger partial charge in [0.05, 0.1) is 12.0 Å². The van der Waals surface area contributed by atoms with E-state index in [1.807, 2.05) is 25.1 Å². The van der Waals surface area contributed by atoms with Gasteiger partial charge in [-0.05, 0) is 79.8 Å². The highest BCUT2D eigenvalue weighted by molar-refractivity contribution is 7.89. The molecule has 2 aromatic carbocycles. The molecule has 0 saturated carbocycles. The first-order chi connectivity index (χ1) is 13.5. The minimum atomic E-state index is -3.47. The molecule has 1 heterocycles. The first-order valence-corrected chi connectivity index (χ1v) is 11.6. The fourth-order valence-electron chi connectivity index (χ4n) is 5.17. The highest BCUT2D eigenvalue weighted by Crippen LogP contribution is 2.47. The molecule has 150 valence electrons. The Morgan fingerprint density at radius 3 is 2.54 bits per heavy atom. The number of ether oxygens (including phenoxy) is 1. The van der Waals surface area contributed by atoms with Crippen LogP contribution in [0.25, 0.3) is 0 Å². The highest BCUT2D eigenvalue weighted by Gasteiger charge is 2.44. The smallest absolute Gasteiger partial charge is 0.243 e. The van der Waals surface area contributed by atoms with Crippen molar-refractivity contribution in [3.8, 4) is 5.75 Å². The summed E-state index contributed by atoms with van der Waals surface area (Å²) in [6, 6.07) is 13.7. The van der Waals surface area contributed by atoms with Gasteiger partial charge in [-0.2, -0.15) is 4.31 Å². The first-order valence-electron chi connectivity index (χ1n) is 10.2. The molecule has 4 rings (SSSR count). The summed E-state index contributed by atoms with van der Waals surface area (Å²) in [5, 5.41) is 0. The molecule has 5 heteroatoms. The Balaban J connectivity index is 1.65. The third kappa shape index (κ3) is 3.25. The fourth-order valence-corrected chi connectivity index (χ4v) is 6.93. The van der Waals surface area contributed by atoms with Crippen LogP contribution in [0.3, 0.4) is 0 Å². The van der Waals surface area contributed by atoms with E-state index >= 15 is 0 Å². The number of aryl methyl sites for hydroxylation is 2. The second-order valence-electron chi connectivity index (χ2n) is 8.07. The number of hydrogen-bond donors (Lipinski definition) is 0. The van der Waals surface area contributed by atoms with Crippen LogP contribution in [0.15, 0.2) is 47.4 Å². The van der Waals surface area contributed by atoms with Crippen LogP contribution in [-0.4, -0.2) is 32.4 Å². The second-order valence-corrected chi connectivity index (χ2v) is 9.96. The number of benzene rings is 2. The maximum absolute atomic E-state index is 13.4. The number of rotatable bonds is 4. The molecule has 2 aromatic rings. The summed E-state index contributed by atoms with van der Waals surface area (Å²) in [5.41, 5.74) is 3.83. The molecule has 28 heavy (non-hydrogen) atoms. The number of fused-ring (bicyclic) bond motifs is 3. The van der Waals surface area contributed by atoms with Crippen molar-refractivity contribution in [2.45, 2.75) is 56.4 Å². The number of sulfonamides is 1. The van der Waals surface area contributed by atoms with E-state index in [-0.39, 0.29) is 6.04 Å². The van der Waals surface area contributed by atoms with E-state index in [0.29, 0.717) is 23.3 Å². The van der Waals surface area contributed by atoms with Gasteiger partial charge in [-0.1, -0.05) is 30.7 Å². The van der Waals surface area contributed by atoms with Crippen LogP contribution >= 0.6 is 0 Å². The molecule has 0 bridgehead atoms. The summed E-state index contributed by atoms with van der Waals surface area (Å²) in [5.74, 6) is 1.72. The molecule has 0 amide bonds. The van der Waals surface area contributed by atoms with Gasteiger partial charge in [0.15, 0.2) is 0 Å². The van der Waals surface area contributed by atoms with Gasteiger partial charge in [0.2, 0.25) is 10.0 Å². The summed E-state index contributed by atoms with van der Waals surface area (Å²) >= 11 is 0. The fraction of sp³-hybridized carbons (Fsp3) is 0.478. The standard InChI is InChI=1S/C23H29NO3S/c1-4-23-22-11-7-17-15-18(27-3)8-12-20(17)21(22)13-14-24(23)28(25,26)19-9-5-16(2)6-10-19/h5-6,8-10,12,15,21-23H,4,7,11,13-14H2,1-3H3/t21-,22-,23-/m0/s1. The molecular formula is C23H29NO3S. The number of nitrogens with zero attached hydrogens (tertiary/aromatic N) is 1. The van der Waals surface area contributed by atoms with Crippen molar-refractivity contribution in [1.82, 2.24) is 4.31 Å². The summed E-state index contributed by atoms with van der Waals surface area (Å²) in [6.07, 6.45) is 3.75. The van der Waals surface area contributed by atoms with Crippen LogP contribution in [0, 0.1) is 12.8 Å². The summed E-state index contributed by atoms with van der Waals surface area (Å²) < 4.78 is 33.9. The van der Waals surface area contributed by atoms with E-state index in [9.17, 15) is 8.42 Å². The monoisotopic (exact) mass is 399 g/mol. The molecule has 4 nitrogen and oxygen atoms in total. The van der Waals surface area contributed by atoms with Gasteiger partial charge in [-0.15, -0.1) is 0 Å². The van der Waals surface area contributed by atoms with Gasteiger partial charge < -0.3 is 4.74 Å². The Morgan fingerprint density at radius 1 is 1.11 bits per heavy atom. The van der Waals surface area contributed by atoms with E-state index in [2.05, 4.69) is 19.1 Å². The maximum Gasteiger partial charge on any atom is 0.243 e. The summed E-state index contributed by atoms with van der Waals surface area (Å²) in [4.78, 5) is 0.413. The van der Waals surface area contributed by atoms with E-state index < -0.39 is 10.0 Å². The van der Waals surface area contributed by atoms with Crippen molar-refractivity contribution in [2.24, 2.45) is 5.92 Å². The lowest BCUT2D eigenvalue weighted by Gasteiger charge is -2.47. The van der Waals surface area contributed by atoms with Crippen molar-refractivity contribution in [2.75, 3.05) is 13.7 Å². The van der Waals surface area contributed by atoms with Gasteiger partial charge in [0.25, 0.3) is 0 Å². The molecule has 0 spiro atoms. The second kappa shape index (κ2) is 7.53. The third-order valence-corrected chi connectivity index (χ3v) is 8.52. The highest BCUT2D eigenvalue weighted by atomic mass is 32.2. The zero-order valence-electron chi connectivity index (χ0n) is 16.9. The largest absolute Gasteiger partial charge is 0.497 e. The Labute approximate surface area is 168 Å². The predicted octanol–water partition coefficient (Wildman–Crippen LogP) is 4.52. The first kappa shape index (κ1) is 19.5. The van der Waals surface area contributed by atoms with E-state index in [1.165, 1.54) is 11.1 Å². The maximum atomic E-state index is 13.4. The van der Waals surface area contributed by atoms with Crippen LogP contribution < -0.4 is 4.74 Å². The van der Waals surface area contributed by atoms with Crippen molar-refractivity contribution in [3.05, 3.63) is 59.2 Å². The quantitative estimate of drug-likeness (QED) is 0.759. The topological polar surface area (TPSA) is 46.6 Å². The lowest BCUT2D eigenvalue weighted by atomic mass is 9.68. The SMILES string of the molecule is CC[C@H]1[C@H]2CCc3cc(OC)ccc3[C@@H]2CCN1S(=O)(=O)c1ccc(C)cc1. The zero-order valence-corrected chi connectivity index (χ0v) is 17.7. The van der Waals surface area contributed by atoms with Crippen molar-refractivity contribution < 1.29 is 13.2 Å². The minimum absolute atomic E-state index is 0.0558. The number of hydrogen-bond acceptors (Lipinski definition) is 3. The Kier molecular flexibility index (Phi) is 5.23. The average Bonchev–Trinajstić information content (AvgIpc) is 2.72. The van der Waals surface area contributed by atoms with Gasteiger partial charge in [-0.3, -0.25) is 0 Å². The lowest BCUT2D eigenvalue weighted by molar-refractivity contribution is 0.131. The lowest BCUT2D eigenvalue weighted by Crippen LogP contribution is -2.51. The Morgan fingerprint density at radius 2 is 1.86 bits per heavy atom. The summed E-state index contributed by atoms with van der Waals surface area (Å²) in [7, 11) is -1.76. The van der Waals surface area contributed by atoms with E-state index in [1.54, 1.807) is 23.5 Å². The van der Waals surface area contributed by atoms with Crippen LogP contribution in [0.5, 0.6) is 5.75 Å². The molecule has 2 aliphatic rings. The van der Waals surface area contributed by atoms with E-state index in [0.717, 1.165) is 37.0 Å². The van der Waals surface area contributed by atoms with Gasteiger partial charge in [0.1, 0.15) is 5.75 Å². The molecule has 3 atom stereocenters. The number of methoxy groups -OCH3 is 1. The minimum Gasteiger partial charge on any atom is -0.497 e. The number of piperidine rings is 1. The average molecular weight is 400 g/mol. The third-order valence-electron chi connectivity index (χ3n) is 6.58. The molecule has 1 aliphatic heterocycles. The van der Waals surface area contributed by atoms with E-state index in [4.69, 9.17) is 4.74 Å². The van der Waals surface area contributed by atoms with Crippen LogP contribution in [0.2, 0.25) is 0 Å². The van der Waals surface area contributed by atoms with Crippen LogP contribution in [-0.2, 0) is 16.4 Å². The zero-order chi connectivity index (χ0) is 19.9. The molecule has 0 aromatic heterocycles. The Hall–Kier alpha value is -1.85. The molecule has 1 fully saturated rings.